The van der Waals surface area contributed by atoms with Gasteiger partial charge in [0.05, 0.1) is 17.7 Å². The molecule has 0 saturated carbocycles. The second kappa shape index (κ2) is 5.19. The van der Waals surface area contributed by atoms with Crippen LogP contribution in [-0.2, 0) is 4.74 Å². The summed E-state index contributed by atoms with van der Waals surface area (Å²) in [7, 11) is 0. The Bertz CT molecular complexity index is 433. The molecule has 1 aromatic rings. The smallest absolute Gasteiger partial charge is 0.252 e. The second-order valence-electron chi connectivity index (χ2n) is 4.38. The molecule has 1 saturated heterocycles. The Morgan fingerprint density at radius 1 is 1.53 bits per heavy atom. The largest absolute Gasteiger partial charge is 0.376 e. The number of ether oxygens (including phenoxy) is 1. The van der Waals surface area contributed by atoms with Gasteiger partial charge in [0.25, 0.3) is 5.91 Å². The van der Waals surface area contributed by atoms with Gasteiger partial charge >= 0.3 is 0 Å². The minimum atomic E-state index is -0.0390. The Labute approximate surface area is 110 Å². The van der Waals surface area contributed by atoms with E-state index in [1.54, 1.807) is 0 Å². The first-order chi connectivity index (χ1) is 8.09. The van der Waals surface area contributed by atoms with E-state index in [4.69, 9.17) is 4.74 Å². The quantitative estimate of drug-likeness (QED) is 0.911. The molecule has 1 aromatic carbocycles. The molecule has 1 aliphatic rings. The highest BCUT2D eigenvalue weighted by atomic mass is 79.9. The molecule has 0 aliphatic carbocycles. The second-order valence-corrected chi connectivity index (χ2v) is 5.17. The van der Waals surface area contributed by atoms with Crippen molar-refractivity contribution in [2.75, 3.05) is 6.61 Å². The molecular weight excluding hydrogens is 282 g/mol. The van der Waals surface area contributed by atoms with Crippen LogP contribution in [0.3, 0.4) is 0 Å². The summed E-state index contributed by atoms with van der Waals surface area (Å²) in [5.74, 6) is -0.0390. The van der Waals surface area contributed by atoms with E-state index in [1.165, 1.54) is 0 Å². The van der Waals surface area contributed by atoms with Crippen molar-refractivity contribution < 1.29 is 9.53 Å². The third-order valence-corrected chi connectivity index (χ3v) is 4.18. The molecule has 1 N–H and O–H groups in total. The molecule has 0 spiro atoms. The molecule has 2 atom stereocenters. The maximum Gasteiger partial charge on any atom is 0.252 e. The van der Waals surface area contributed by atoms with Gasteiger partial charge in [-0.05, 0) is 47.8 Å². The fourth-order valence-corrected chi connectivity index (χ4v) is 2.43. The molecule has 92 valence electrons. The van der Waals surface area contributed by atoms with Crippen molar-refractivity contribution >= 4 is 21.8 Å². The van der Waals surface area contributed by atoms with Crippen molar-refractivity contribution in [1.82, 2.24) is 5.32 Å². The van der Waals surface area contributed by atoms with Crippen molar-refractivity contribution in [3.05, 3.63) is 33.8 Å². The SMILES string of the molecule is Cc1cccc(C(=O)NC2CCOC2C)c1Br. The highest BCUT2D eigenvalue weighted by Crippen LogP contribution is 2.22. The van der Waals surface area contributed by atoms with Crippen LogP contribution in [0, 0.1) is 6.92 Å². The zero-order chi connectivity index (χ0) is 12.4. The number of halogens is 1. The Balaban J connectivity index is 2.12. The van der Waals surface area contributed by atoms with Crippen molar-refractivity contribution in [2.24, 2.45) is 0 Å². The van der Waals surface area contributed by atoms with Gasteiger partial charge in [-0.25, -0.2) is 0 Å². The van der Waals surface area contributed by atoms with Gasteiger partial charge in [0, 0.05) is 11.1 Å². The van der Waals surface area contributed by atoms with Gasteiger partial charge in [-0.1, -0.05) is 12.1 Å². The maximum absolute atomic E-state index is 12.1. The molecular formula is C13H16BrNO2. The van der Waals surface area contributed by atoms with E-state index in [-0.39, 0.29) is 18.1 Å². The number of carbonyl (C=O) groups is 1. The van der Waals surface area contributed by atoms with Crippen LogP contribution in [0.25, 0.3) is 0 Å². The van der Waals surface area contributed by atoms with Gasteiger partial charge in [-0.3, -0.25) is 4.79 Å². The molecule has 1 fully saturated rings. The van der Waals surface area contributed by atoms with Gasteiger partial charge < -0.3 is 10.1 Å². The summed E-state index contributed by atoms with van der Waals surface area (Å²) in [5.41, 5.74) is 1.75. The van der Waals surface area contributed by atoms with Crippen molar-refractivity contribution in [1.29, 1.82) is 0 Å². The van der Waals surface area contributed by atoms with Gasteiger partial charge in [0.2, 0.25) is 0 Å². The lowest BCUT2D eigenvalue weighted by molar-refractivity contribution is 0.0865. The lowest BCUT2D eigenvalue weighted by atomic mass is 10.1. The van der Waals surface area contributed by atoms with E-state index >= 15 is 0 Å². The maximum atomic E-state index is 12.1. The summed E-state index contributed by atoms with van der Waals surface area (Å²) >= 11 is 3.45. The van der Waals surface area contributed by atoms with E-state index in [1.807, 2.05) is 32.0 Å². The van der Waals surface area contributed by atoms with E-state index in [2.05, 4.69) is 21.2 Å². The minimum absolute atomic E-state index is 0.0390. The van der Waals surface area contributed by atoms with Crippen molar-refractivity contribution in [2.45, 2.75) is 32.4 Å². The van der Waals surface area contributed by atoms with Crippen molar-refractivity contribution in [3.63, 3.8) is 0 Å². The van der Waals surface area contributed by atoms with Crippen LogP contribution in [0.1, 0.15) is 29.3 Å². The zero-order valence-corrected chi connectivity index (χ0v) is 11.6. The highest BCUT2D eigenvalue weighted by molar-refractivity contribution is 9.10. The molecule has 0 bridgehead atoms. The summed E-state index contributed by atoms with van der Waals surface area (Å²) in [4.78, 5) is 12.1. The van der Waals surface area contributed by atoms with E-state index in [9.17, 15) is 4.79 Å². The average Bonchev–Trinajstić information content (AvgIpc) is 2.68. The molecule has 2 rings (SSSR count). The van der Waals surface area contributed by atoms with E-state index in [0.717, 1.165) is 23.1 Å². The first-order valence-corrected chi connectivity index (χ1v) is 6.56. The predicted octanol–water partition coefficient (Wildman–Crippen LogP) is 2.66. The molecule has 1 heterocycles. The third kappa shape index (κ3) is 2.69. The number of amides is 1. The highest BCUT2D eigenvalue weighted by Gasteiger charge is 2.26. The molecule has 17 heavy (non-hydrogen) atoms. The predicted molar refractivity (Wildman–Crippen MR) is 70.2 cm³/mol. The minimum Gasteiger partial charge on any atom is -0.376 e. The number of aryl methyl sites for hydroxylation is 1. The first-order valence-electron chi connectivity index (χ1n) is 5.77. The summed E-state index contributed by atoms with van der Waals surface area (Å²) in [6, 6.07) is 5.81. The van der Waals surface area contributed by atoms with Crippen LogP contribution in [0.15, 0.2) is 22.7 Å². The molecule has 2 unspecified atom stereocenters. The molecule has 0 radical (unpaired) electrons. The van der Waals surface area contributed by atoms with Crippen LogP contribution in [0.2, 0.25) is 0 Å². The number of nitrogens with one attached hydrogen (secondary N) is 1. The van der Waals surface area contributed by atoms with Crippen LogP contribution in [0.5, 0.6) is 0 Å². The van der Waals surface area contributed by atoms with Crippen molar-refractivity contribution in [3.8, 4) is 0 Å². The van der Waals surface area contributed by atoms with Crippen LogP contribution >= 0.6 is 15.9 Å². The van der Waals surface area contributed by atoms with Gasteiger partial charge in [0.15, 0.2) is 0 Å². The summed E-state index contributed by atoms with van der Waals surface area (Å²) < 4.78 is 6.29. The first kappa shape index (κ1) is 12.6. The molecule has 1 amide bonds. The van der Waals surface area contributed by atoms with Crippen LogP contribution < -0.4 is 5.32 Å². The topological polar surface area (TPSA) is 38.3 Å². The number of hydrogen-bond donors (Lipinski definition) is 1. The van der Waals surface area contributed by atoms with Gasteiger partial charge in [-0.2, -0.15) is 0 Å². The monoisotopic (exact) mass is 297 g/mol. The molecule has 0 aromatic heterocycles. The number of benzene rings is 1. The Morgan fingerprint density at radius 3 is 2.94 bits per heavy atom. The normalized spacial score (nSPS) is 23.7. The number of carbonyl (C=O) groups excluding carboxylic acids is 1. The van der Waals surface area contributed by atoms with Crippen LogP contribution in [0.4, 0.5) is 0 Å². The fourth-order valence-electron chi connectivity index (χ4n) is 1.99. The van der Waals surface area contributed by atoms with Gasteiger partial charge in [-0.15, -0.1) is 0 Å². The fraction of sp³-hybridized carbons (Fsp3) is 0.462. The summed E-state index contributed by atoms with van der Waals surface area (Å²) in [5, 5.41) is 3.02. The lowest BCUT2D eigenvalue weighted by Gasteiger charge is -2.16. The Morgan fingerprint density at radius 2 is 2.29 bits per heavy atom. The van der Waals surface area contributed by atoms with E-state index < -0.39 is 0 Å². The van der Waals surface area contributed by atoms with Gasteiger partial charge in [0.1, 0.15) is 0 Å². The Kier molecular flexibility index (Phi) is 3.84. The molecule has 3 nitrogen and oxygen atoms in total. The summed E-state index contributed by atoms with van der Waals surface area (Å²) in [6.45, 7) is 4.69. The number of hydrogen-bond acceptors (Lipinski definition) is 2. The number of rotatable bonds is 2. The zero-order valence-electron chi connectivity index (χ0n) is 10.00. The standard InChI is InChI=1S/C13H16BrNO2/c1-8-4-3-5-10(12(8)14)13(16)15-11-6-7-17-9(11)2/h3-5,9,11H,6-7H2,1-2H3,(H,15,16). The lowest BCUT2D eigenvalue weighted by Crippen LogP contribution is -2.39. The molecule has 1 aliphatic heterocycles. The average molecular weight is 298 g/mol. The Hall–Kier alpha value is -0.870. The van der Waals surface area contributed by atoms with E-state index in [0.29, 0.717) is 5.56 Å². The summed E-state index contributed by atoms with van der Waals surface area (Å²) in [6.07, 6.45) is 0.985. The molecule has 4 heteroatoms. The third-order valence-electron chi connectivity index (χ3n) is 3.13. The van der Waals surface area contributed by atoms with Crippen LogP contribution in [-0.4, -0.2) is 24.7 Å².